The molecule has 0 radical (unpaired) electrons. The first kappa shape index (κ1) is 11.6. The molecule has 0 aromatic carbocycles. The van der Waals surface area contributed by atoms with Gasteiger partial charge in [-0.3, -0.25) is 4.79 Å². The van der Waals surface area contributed by atoms with Gasteiger partial charge in [0.05, 0.1) is 5.56 Å². The number of aromatic nitrogens is 3. The van der Waals surface area contributed by atoms with E-state index in [0.717, 1.165) is 12.1 Å². The lowest BCUT2D eigenvalue weighted by Crippen LogP contribution is -2.13. The topological polar surface area (TPSA) is 71.8 Å². The van der Waals surface area contributed by atoms with Crippen LogP contribution in [-0.4, -0.2) is 15.1 Å². The largest absolute Gasteiger partial charge is 0.339 e. The number of nitrogens with one attached hydrogen (secondary N) is 1. The highest BCUT2D eigenvalue weighted by atomic mass is 16.5. The number of hydrogen-bond donors (Lipinski definition) is 1. The average molecular weight is 233 g/mol. The minimum absolute atomic E-state index is 0.177. The van der Waals surface area contributed by atoms with E-state index in [4.69, 9.17) is 4.52 Å². The van der Waals surface area contributed by atoms with Gasteiger partial charge in [-0.15, -0.1) is 0 Å². The molecule has 0 aliphatic carbocycles. The predicted octanol–water partition coefficient (Wildman–Crippen LogP) is 1.93. The summed E-state index contributed by atoms with van der Waals surface area (Å²) >= 11 is 0. The Balaban J connectivity index is 2.35. The molecule has 5 heteroatoms. The van der Waals surface area contributed by atoms with E-state index in [0.29, 0.717) is 23.2 Å². The summed E-state index contributed by atoms with van der Waals surface area (Å²) in [6.07, 6.45) is 0.848. The molecular formula is C12H15N3O2. The molecule has 2 aromatic heterocycles. The molecule has 0 saturated carbocycles. The first-order chi connectivity index (χ1) is 8.06. The van der Waals surface area contributed by atoms with E-state index in [1.54, 1.807) is 13.0 Å². The van der Waals surface area contributed by atoms with Crippen molar-refractivity contribution >= 4 is 0 Å². The van der Waals surface area contributed by atoms with Crippen molar-refractivity contribution in [1.82, 2.24) is 15.1 Å². The quantitative estimate of drug-likeness (QED) is 0.879. The van der Waals surface area contributed by atoms with Gasteiger partial charge in [-0.1, -0.05) is 19.0 Å². The molecule has 0 fully saturated rings. The molecule has 0 atom stereocenters. The molecule has 2 rings (SSSR count). The molecular weight excluding hydrogens is 218 g/mol. The van der Waals surface area contributed by atoms with Crippen LogP contribution in [0.3, 0.4) is 0 Å². The van der Waals surface area contributed by atoms with E-state index < -0.39 is 0 Å². The minimum atomic E-state index is -0.177. The Hall–Kier alpha value is -1.91. The van der Waals surface area contributed by atoms with Crippen molar-refractivity contribution in [3.05, 3.63) is 34.1 Å². The number of H-pyrrole nitrogens is 1. The van der Waals surface area contributed by atoms with Crippen LogP contribution in [0, 0.1) is 12.8 Å². The Morgan fingerprint density at radius 2 is 2.18 bits per heavy atom. The molecule has 0 aliphatic heterocycles. The number of aromatic amines is 1. The third kappa shape index (κ3) is 2.61. The van der Waals surface area contributed by atoms with Crippen LogP contribution in [-0.2, 0) is 6.42 Å². The maximum Gasteiger partial charge on any atom is 0.259 e. The summed E-state index contributed by atoms with van der Waals surface area (Å²) in [4.78, 5) is 18.7. The molecule has 0 bridgehead atoms. The van der Waals surface area contributed by atoms with Gasteiger partial charge in [-0.05, 0) is 24.5 Å². The van der Waals surface area contributed by atoms with E-state index in [-0.39, 0.29) is 5.56 Å². The zero-order valence-electron chi connectivity index (χ0n) is 10.2. The van der Waals surface area contributed by atoms with E-state index in [1.807, 2.05) is 6.07 Å². The first-order valence-electron chi connectivity index (χ1n) is 5.59. The van der Waals surface area contributed by atoms with Gasteiger partial charge < -0.3 is 9.51 Å². The zero-order valence-corrected chi connectivity index (χ0v) is 10.2. The normalized spacial score (nSPS) is 11.1. The van der Waals surface area contributed by atoms with Crippen LogP contribution in [0.1, 0.15) is 25.4 Å². The van der Waals surface area contributed by atoms with Gasteiger partial charge in [0.25, 0.3) is 5.56 Å². The van der Waals surface area contributed by atoms with Crippen LogP contribution in [0.5, 0.6) is 0 Å². The summed E-state index contributed by atoms with van der Waals surface area (Å²) < 4.78 is 4.85. The van der Waals surface area contributed by atoms with Crippen molar-refractivity contribution < 1.29 is 4.52 Å². The minimum Gasteiger partial charge on any atom is -0.339 e. The molecule has 0 unspecified atom stereocenters. The number of aryl methyl sites for hydroxylation is 1. The fraction of sp³-hybridized carbons (Fsp3) is 0.417. The number of hydrogen-bond acceptors (Lipinski definition) is 4. The summed E-state index contributed by atoms with van der Waals surface area (Å²) in [7, 11) is 0. The van der Waals surface area contributed by atoms with E-state index in [1.165, 1.54) is 0 Å². The van der Waals surface area contributed by atoms with Crippen molar-refractivity contribution in [2.75, 3.05) is 0 Å². The molecule has 17 heavy (non-hydrogen) atoms. The lowest BCUT2D eigenvalue weighted by atomic mass is 10.1. The summed E-state index contributed by atoms with van der Waals surface area (Å²) in [5.41, 5.74) is 1.19. The molecule has 1 N–H and O–H groups in total. The van der Waals surface area contributed by atoms with Gasteiger partial charge in [-0.2, -0.15) is 4.98 Å². The van der Waals surface area contributed by atoms with Gasteiger partial charge >= 0.3 is 0 Å². The highest BCUT2D eigenvalue weighted by molar-refractivity contribution is 5.52. The van der Waals surface area contributed by atoms with E-state index in [9.17, 15) is 4.79 Å². The SMILES string of the molecule is Cc1nc(-c2ccc(CC(C)C)[nH]c2=O)no1. The standard InChI is InChI=1S/C12H15N3O2/c1-7(2)6-9-4-5-10(12(16)14-9)11-13-8(3)17-15-11/h4-5,7H,6H2,1-3H3,(H,14,16). The van der Waals surface area contributed by atoms with E-state index >= 15 is 0 Å². The molecule has 90 valence electrons. The Morgan fingerprint density at radius 1 is 1.41 bits per heavy atom. The van der Waals surface area contributed by atoms with Crippen LogP contribution in [0.4, 0.5) is 0 Å². The molecule has 0 saturated heterocycles. The van der Waals surface area contributed by atoms with Gasteiger partial charge in [0.1, 0.15) is 0 Å². The Labute approximate surface area is 98.9 Å². The van der Waals surface area contributed by atoms with E-state index in [2.05, 4.69) is 29.0 Å². The third-order valence-electron chi connectivity index (χ3n) is 2.37. The molecule has 0 aliphatic rings. The van der Waals surface area contributed by atoms with Gasteiger partial charge in [0.2, 0.25) is 11.7 Å². The fourth-order valence-corrected chi connectivity index (χ4v) is 1.66. The average Bonchev–Trinajstić information content (AvgIpc) is 2.64. The highest BCUT2D eigenvalue weighted by Crippen LogP contribution is 2.11. The maximum atomic E-state index is 11.9. The van der Waals surface area contributed by atoms with Gasteiger partial charge in [0, 0.05) is 12.6 Å². The van der Waals surface area contributed by atoms with Crippen LogP contribution in [0.2, 0.25) is 0 Å². The Kier molecular flexibility index (Phi) is 3.08. The maximum absolute atomic E-state index is 11.9. The number of nitrogens with zero attached hydrogens (tertiary/aromatic N) is 2. The molecule has 0 amide bonds. The molecule has 2 heterocycles. The summed E-state index contributed by atoms with van der Waals surface area (Å²) in [5, 5.41) is 3.73. The predicted molar refractivity (Wildman–Crippen MR) is 63.6 cm³/mol. The second-order valence-electron chi connectivity index (χ2n) is 4.46. The molecule has 5 nitrogen and oxygen atoms in total. The van der Waals surface area contributed by atoms with Crippen LogP contribution >= 0.6 is 0 Å². The summed E-state index contributed by atoms with van der Waals surface area (Å²) in [6, 6.07) is 3.63. The summed E-state index contributed by atoms with van der Waals surface area (Å²) in [6.45, 7) is 5.90. The number of pyridine rings is 1. The van der Waals surface area contributed by atoms with Gasteiger partial charge in [0.15, 0.2) is 0 Å². The monoisotopic (exact) mass is 233 g/mol. The zero-order chi connectivity index (χ0) is 12.4. The highest BCUT2D eigenvalue weighted by Gasteiger charge is 2.10. The lowest BCUT2D eigenvalue weighted by Gasteiger charge is -2.04. The molecule has 2 aromatic rings. The Bertz CT molecular complexity index is 569. The second-order valence-corrected chi connectivity index (χ2v) is 4.46. The number of rotatable bonds is 3. The van der Waals surface area contributed by atoms with Crippen molar-refractivity contribution in [2.45, 2.75) is 27.2 Å². The van der Waals surface area contributed by atoms with Crippen molar-refractivity contribution in [3.8, 4) is 11.4 Å². The summed E-state index contributed by atoms with van der Waals surface area (Å²) in [5.74, 6) is 1.29. The van der Waals surface area contributed by atoms with Gasteiger partial charge in [-0.25, -0.2) is 0 Å². The first-order valence-corrected chi connectivity index (χ1v) is 5.59. The van der Waals surface area contributed by atoms with Crippen LogP contribution in [0.15, 0.2) is 21.5 Å². The second kappa shape index (κ2) is 4.53. The van der Waals surface area contributed by atoms with Crippen molar-refractivity contribution in [3.63, 3.8) is 0 Å². The molecule has 0 spiro atoms. The lowest BCUT2D eigenvalue weighted by molar-refractivity contribution is 0.394. The van der Waals surface area contributed by atoms with Crippen molar-refractivity contribution in [1.29, 1.82) is 0 Å². The fourth-order valence-electron chi connectivity index (χ4n) is 1.66. The van der Waals surface area contributed by atoms with Crippen molar-refractivity contribution in [2.24, 2.45) is 5.92 Å². The third-order valence-corrected chi connectivity index (χ3v) is 2.37. The van der Waals surface area contributed by atoms with Crippen LogP contribution in [0.25, 0.3) is 11.4 Å². The smallest absolute Gasteiger partial charge is 0.259 e. The van der Waals surface area contributed by atoms with Crippen LogP contribution < -0.4 is 5.56 Å². The Morgan fingerprint density at radius 3 is 2.71 bits per heavy atom.